The summed E-state index contributed by atoms with van der Waals surface area (Å²) in [4.78, 5) is 12.0. The van der Waals surface area contributed by atoms with Crippen molar-refractivity contribution in [2.45, 2.75) is 13.3 Å². The molecule has 2 aromatic carbocycles. The fourth-order valence-electron chi connectivity index (χ4n) is 1.72. The standard InChI is InChI=1S/C18H18O3/c1-3-4-13-20-16-11-7-15(8-12-16)18(19)21-17-9-5-14(2)6-10-17/h3,5-12H,1,4,13H2,2H3. The molecule has 0 saturated carbocycles. The van der Waals surface area contributed by atoms with E-state index in [1.54, 1.807) is 42.5 Å². The Kier molecular flexibility index (Phi) is 5.16. The van der Waals surface area contributed by atoms with Gasteiger partial charge in [0, 0.05) is 0 Å². The molecule has 0 bridgehead atoms. The fourth-order valence-corrected chi connectivity index (χ4v) is 1.72. The summed E-state index contributed by atoms with van der Waals surface area (Å²) in [5.74, 6) is 0.886. The molecule has 0 aliphatic carbocycles. The van der Waals surface area contributed by atoms with Gasteiger partial charge in [-0.15, -0.1) is 6.58 Å². The number of hydrogen-bond acceptors (Lipinski definition) is 3. The number of aryl methyl sites for hydroxylation is 1. The van der Waals surface area contributed by atoms with Crippen LogP contribution in [0.4, 0.5) is 0 Å². The molecule has 0 N–H and O–H groups in total. The second-order valence-electron chi connectivity index (χ2n) is 4.65. The van der Waals surface area contributed by atoms with Crippen LogP contribution in [0.1, 0.15) is 22.3 Å². The van der Waals surface area contributed by atoms with Gasteiger partial charge in [-0.3, -0.25) is 0 Å². The summed E-state index contributed by atoms with van der Waals surface area (Å²) < 4.78 is 10.8. The Hall–Kier alpha value is -2.55. The van der Waals surface area contributed by atoms with E-state index in [0.717, 1.165) is 17.7 Å². The molecule has 3 nitrogen and oxygen atoms in total. The van der Waals surface area contributed by atoms with Crippen LogP contribution in [0, 0.1) is 6.92 Å². The molecule has 0 spiro atoms. The lowest BCUT2D eigenvalue weighted by Crippen LogP contribution is -2.08. The molecule has 0 unspecified atom stereocenters. The summed E-state index contributed by atoms with van der Waals surface area (Å²) in [5.41, 5.74) is 1.61. The predicted octanol–water partition coefficient (Wildman–Crippen LogP) is 4.17. The lowest BCUT2D eigenvalue weighted by Gasteiger charge is -2.07. The van der Waals surface area contributed by atoms with Crippen molar-refractivity contribution in [1.82, 2.24) is 0 Å². The van der Waals surface area contributed by atoms with Crippen molar-refractivity contribution < 1.29 is 14.3 Å². The van der Waals surface area contributed by atoms with Crippen LogP contribution in [-0.2, 0) is 0 Å². The topological polar surface area (TPSA) is 35.5 Å². The lowest BCUT2D eigenvalue weighted by atomic mass is 10.2. The molecular weight excluding hydrogens is 264 g/mol. The highest BCUT2D eigenvalue weighted by molar-refractivity contribution is 5.91. The molecule has 0 saturated heterocycles. The first-order valence-corrected chi connectivity index (χ1v) is 6.81. The molecule has 0 atom stereocenters. The third kappa shape index (κ3) is 4.49. The number of carbonyl (C=O) groups is 1. The highest BCUT2D eigenvalue weighted by Crippen LogP contribution is 2.16. The summed E-state index contributed by atoms with van der Waals surface area (Å²) in [6.45, 7) is 6.20. The van der Waals surface area contributed by atoms with E-state index in [0.29, 0.717) is 17.9 Å². The maximum Gasteiger partial charge on any atom is 0.343 e. The Morgan fingerprint density at radius 1 is 1.05 bits per heavy atom. The van der Waals surface area contributed by atoms with Gasteiger partial charge in [-0.2, -0.15) is 0 Å². The monoisotopic (exact) mass is 282 g/mol. The van der Waals surface area contributed by atoms with E-state index in [9.17, 15) is 4.79 Å². The van der Waals surface area contributed by atoms with Crippen molar-refractivity contribution >= 4 is 5.97 Å². The minimum absolute atomic E-state index is 0.378. The Balaban J connectivity index is 1.96. The van der Waals surface area contributed by atoms with Gasteiger partial charge in [0.1, 0.15) is 11.5 Å². The molecule has 0 radical (unpaired) electrons. The van der Waals surface area contributed by atoms with Crippen LogP contribution in [0.15, 0.2) is 61.2 Å². The van der Waals surface area contributed by atoms with Crippen molar-refractivity contribution in [1.29, 1.82) is 0 Å². The Morgan fingerprint density at radius 3 is 2.29 bits per heavy atom. The molecule has 2 rings (SSSR count). The second-order valence-corrected chi connectivity index (χ2v) is 4.65. The third-order valence-corrected chi connectivity index (χ3v) is 2.91. The highest BCUT2D eigenvalue weighted by atomic mass is 16.5. The number of rotatable bonds is 6. The lowest BCUT2D eigenvalue weighted by molar-refractivity contribution is 0.0734. The number of carbonyl (C=O) groups excluding carboxylic acids is 1. The second kappa shape index (κ2) is 7.29. The number of esters is 1. The molecule has 2 aromatic rings. The summed E-state index contributed by atoms with van der Waals surface area (Å²) in [6, 6.07) is 14.3. The van der Waals surface area contributed by atoms with Gasteiger partial charge in [-0.25, -0.2) is 4.79 Å². The largest absolute Gasteiger partial charge is 0.493 e. The predicted molar refractivity (Wildman–Crippen MR) is 82.9 cm³/mol. The van der Waals surface area contributed by atoms with Gasteiger partial charge in [0.2, 0.25) is 0 Å². The van der Waals surface area contributed by atoms with E-state index in [-0.39, 0.29) is 5.97 Å². The van der Waals surface area contributed by atoms with Crippen molar-refractivity contribution in [2.75, 3.05) is 6.61 Å². The maximum atomic E-state index is 12.0. The van der Waals surface area contributed by atoms with E-state index in [1.807, 2.05) is 19.1 Å². The minimum Gasteiger partial charge on any atom is -0.493 e. The van der Waals surface area contributed by atoms with Crippen molar-refractivity contribution in [2.24, 2.45) is 0 Å². The number of hydrogen-bond donors (Lipinski definition) is 0. The molecule has 3 heteroatoms. The van der Waals surface area contributed by atoms with Crippen LogP contribution < -0.4 is 9.47 Å². The molecule has 108 valence electrons. The van der Waals surface area contributed by atoms with Crippen molar-refractivity contribution in [3.8, 4) is 11.5 Å². The summed E-state index contributed by atoms with van der Waals surface area (Å²) in [5, 5.41) is 0. The first-order chi connectivity index (χ1) is 10.2. The average Bonchev–Trinajstić information content (AvgIpc) is 2.50. The van der Waals surface area contributed by atoms with E-state index in [2.05, 4.69) is 6.58 Å². The van der Waals surface area contributed by atoms with E-state index >= 15 is 0 Å². The average molecular weight is 282 g/mol. The SMILES string of the molecule is C=CCCOc1ccc(C(=O)Oc2ccc(C)cc2)cc1. The van der Waals surface area contributed by atoms with Crippen molar-refractivity contribution in [3.63, 3.8) is 0 Å². The normalized spacial score (nSPS) is 9.95. The molecule has 0 fully saturated rings. The molecule has 0 aliphatic heterocycles. The summed E-state index contributed by atoms with van der Waals surface area (Å²) in [7, 11) is 0. The third-order valence-electron chi connectivity index (χ3n) is 2.91. The van der Waals surface area contributed by atoms with Crippen LogP contribution in [-0.4, -0.2) is 12.6 Å². The molecule has 0 aliphatic rings. The van der Waals surface area contributed by atoms with Gasteiger partial charge in [0.25, 0.3) is 0 Å². The molecule has 0 heterocycles. The number of benzene rings is 2. The highest BCUT2D eigenvalue weighted by Gasteiger charge is 2.08. The summed E-state index contributed by atoms with van der Waals surface area (Å²) >= 11 is 0. The van der Waals surface area contributed by atoms with Gasteiger partial charge in [-0.1, -0.05) is 23.8 Å². The maximum absolute atomic E-state index is 12.0. The van der Waals surface area contributed by atoms with E-state index in [1.165, 1.54) is 0 Å². The zero-order valence-electron chi connectivity index (χ0n) is 12.0. The van der Waals surface area contributed by atoms with E-state index in [4.69, 9.17) is 9.47 Å². The van der Waals surface area contributed by atoms with Crippen LogP contribution in [0.3, 0.4) is 0 Å². The van der Waals surface area contributed by atoms with Gasteiger partial charge in [0.15, 0.2) is 0 Å². The Bertz CT molecular complexity index is 597. The van der Waals surface area contributed by atoms with Gasteiger partial charge in [0.05, 0.1) is 12.2 Å². The molecule has 0 amide bonds. The Morgan fingerprint density at radius 2 is 1.67 bits per heavy atom. The quantitative estimate of drug-likeness (QED) is 0.345. The first kappa shape index (κ1) is 14.9. The van der Waals surface area contributed by atoms with Crippen molar-refractivity contribution in [3.05, 3.63) is 72.3 Å². The van der Waals surface area contributed by atoms with Crippen LogP contribution >= 0.6 is 0 Å². The smallest absolute Gasteiger partial charge is 0.343 e. The Labute approximate surface area is 124 Å². The van der Waals surface area contributed by atoms with Crippen LogP contribution in [0.2, 0.25) is 0 Å². The molecule has 21 heavy (non-hydrogen) atoms. The number of ether oxygens (including phenoxy) is 2. The van der Waals surface area contributed by atoms with Crippen LogP contribution in [0.25, 0.3) is 0 Å². The fraction of sp³-hybridized carbons (Fsp3) is 0.167. The van der Waals surface area contributed by atoms with Crippen LogP contribution in [0.5, 0.6) is 11.5 Å². The van der Waals surface area contributed by atoms with Gasteiger partial charge in [-0.05, 0) is 49.7 Å². The zero-order chi connectivity index (χ0) is 15.1. The van der Waals surface area contributed by atoms with E-state index < -0.39 is 0 Å². The first-order valence-electron chi connectivity index (χ1n) is 6.81. The van der Waals surface area contributed by atoms with Gasteiger partial charge < -0.3 is 9.47 Å². The molecule has 0 aromatic heterocycles. The summed E-state index contributed by atoms with van der Waals surface area (Å²) in [6.07, 6.45) is 2.59. The minimum atomic E-state index is -0.378. The molecular formula is C18H18O3. The zero-order valence-corrected chi connectivity index (χ0v) is 12.0. The van der Waals surface area contributed by atoms with Gasteiger partial charge >= 0.3 is 5.97 Å².